The number of methoxy groups -OCH3 is 1. The third kappa shape index (κ3) is 3.42. The molecule has 0 atom stereocenters. The number of ether oxygens (including phenoxy) is 2. The summed E-state index contributed by atoms with van der Waals surface area (Å²) in [6.45, 7) is 0.170. The highest BCUT2D eigenvalue weighted by Crippen LogP contribution is 2.20. The van der Waals surface area contributed by atoms with Crippen molar-refractivity contribution in [1.29, 1.82) is 0 Å². The topological polar surface area (TPSA) is 61.5 Å². The molecule has 2 aromatic rings. The minimum absolute atomic E-state index is 0.170. The molecule has 0 aliphatic carbocycles. The summed E-state index contributed by atoms with van der Waals surface area (Å²) >= 11 is 5.95. The Balaban J connectivity index is 2.00. The molecule has 0 heterocycles. The normalized spacial score (nSPS) is 10.1. The fraction of sp³-hybridized carbons (Fsp3) is 0.133. The van der Waals surface area contributed by atoms with E-state index in [4.69, 9.17) is 26.8 Å². The van der Waals surface area contributed by atoms with Gasteiger partial charge in [0.05, 0.1) is 17.7 Å². The number of esters is 1. The molecule has 0 unspecified atom stereocenters. The van der Waals surface area contributed by atoms with Crippen LogP contribution in [0.2, 0.25) is 5.02 Å². The summed E-state index contributed by atoms with van der Waals surface area (Å²) in [5.41, 5.74) is 7.24. The Morgan fingerprint density at radius 1 is 1.20 bits per heavy atom. The van der Waals surface area contributed by atoms with E-state index in [-0.39, 0.29) is 11.6 Å². The Labute approximate surface area is 122 Å². The molecule has 2 rings (SSSR count). The average Bonchev–Trinajstić information content (AvgIpc) is 2.45. The van der Waals surface area contributed by atoms with E-state index in [1.807, 2.05) is 12.1 Å². The van der Waals surface area contributed by atoms with E-state index in [0.717, 1.165) is 11.3 Å². The van der Waals surface area contributed by atoms with E-state index in [2.05, 4.69) is 0 Å². The highest BCUT2D eigenvalue weighted by atomic mass is 35.5. The van der Waals surface area contributed by atoms with Crippen LogP contribution in [-0.4, -0.2) is 13.1 Å². The average molecular weight is 292 g/mol. The molecule has 4 nitrogen and oxygen atoms in total. The minimum atomic E-state index is -0.481. The van der Waals surface area contributed by atoms with Crippen molar-refractivity contribution in [3.63, 3.8) is 0 Å². The first-order valence-electron chi connectivity index (χ1n) is 5.95. The maximum atomic E-state index is 11.9. The lowest BCUT2D eigenvalue weighted by Crippen LogP contribution is -2.06. The first-order chi connectivity index (χ1) is 9.60. The molecule has 0 aliphatic rings. The van der Waals surface area contributed by atoms with Crippen molar-refractivity contribution in [2.75, 3.05) is 12.8 Å². The van der Waals surface area contributed by atoms with Crippen molar-refractivity contribution in [3.8, 4) is 5.75 Å². The molecule has 2 N–H and O–H groups in total. The Kier molecular flexibility index (Phi) is 4.48. The lowest BCUT2D eigenvalue weighted by molar-refractivity contribution is 0.0473. The predicted octanol–water partition coefficient (Wildman–Crippen LogP) is 3.29. The van der Waals surface area contributed by atoms with E-state index in [9.17, 15) is 4.79 Å². The third-order valence-corrected chi connectivity index (χ3v) is 3.05. The van der Waals surface area contributed by atoms with Crippen LogP contribution in [0.5, 0.6) is 5.75 Å². The fourth-order valence-electron chi connectivity index (χ4n) is 1.65. The molecule has 0 fully saturated rings. The molecule has 0 radical (unpaired) electrons. The van der Waals surface area contributed by atoms with Gasteiger partial charge in [-0.25, -0.2) is 4.79 Å². The van der Waals surface area contributed by atoms with Gasteiger partial charge in [-0.3, -0.25) is 0 Å². The van der Waals surface area contributed by atoms with Crippen LogP contribution in [0, 0.1) is 0 Å². The van der Waals surface area contributed by atoms with Gasteiger partial charge in [0.1, 0.15) is 12.4 Å². The number of carbonyl (C=O) groups is 1. The van der Waals surface area contributed by atoms with Gasteiger partial charge in [-0.15, -0.1) is 0 Å². The van der Waals surface area contributed by atoms with Gasteiger partial charge in [-0.2, -0.15) is 0 Å². The molecule has 5 heteroatoms. The summed E-state index contributed by atoms with van der Waals surface area (Å²) < 4.78 is 10.3. The van der Waals surface area contributed by atoms with Crippen molar-refractivity contribution in [1.82, 2.24) is 0 Å². The van der Waals surface area contributed by atoms with Crippen LogP contribution >= 0.6 is 11.6 Å². The lowest BCUT2D eigenvalue weighted by Gasteiger charge is -2.07. The van der Waals surface area contributed by atoms with E-state index >= 15 is 0 Å². The third-order valence-electron chi connectivity index (χ3n) is 2.74. The predicted molar refractivity (Wildman–Crippen MR) is 78.0 cm³/mol. The van der Waals surface area contributed by atoms with Gasteiger partial charge < -0.3 is 15.2 Å². The summed E-state index contributed by atoms with van der Waals surface area (Å²) in [5.74, 6) is 0.271. The second kappa shape index (κ2) is 6.30. The van der Waals surface area contributed by atoms with Crippen molar-refractivity contribution in [2.45, 2.75) is 6.61 Å². The summed E-state index contributed by atoms with van der Waals surface area (Å²) in [6.07, 6.45) is 0. The number of benzene rings is 2. The summed E-state index contributed by atoms with van der Waals surface area (Å²) in [5, 5.41) is 0.282. The zero-order chi connectivity index (χ0) is 14.5. The van der Waals surface area contributed by atoms with Crippen LogP contribution in [-0.2, 0) is 11.3 Å². The van der Waals surface area contributed by atoms with Crippen molar-refractivity contribution >= 4 is 23.3 Å². The van der Waals surface area contributed by atoms with Gasteiger partial charge in [0.2, 0.25) is 0 Å². The Bertz CT molecular complexity index is 611. The van der Waals surface area contributed by atoms with E-state index in [0.29, 0.717) is 11.3 Å². The van der Waals surface area contributed by atoms with Gasteiger partial charge in [-0.05, 0) is 35.9 Å². The van der Waals surface area contributed by atoms with Crippen LogP contribution in [0.1, 0.15) is 15.9 Å². The van der Waals surface area contributed by atoms with Gasteiger partial charge in [0, 0.05) is 5.69 Å². The van der Waals surface area contributed by atoms with Crippen molar-refractivity contribution < 1.29 is 14.3 Å². The van der Waals surface area contributed by atoms with E-state index in [1.54, 1.807) is 31.4 Å². The summed E-state index contributed by atoms with van der Waals surface area (Å²) in [7, 11) is 1.60. The zero-order valence-corrected chi connectivity index (χ0v) is 11.7. The van der Waals surface area contributed by atoms with E-state index in [1.165, 1.54) is 6.07 Å². The number of hydrogen-bond acceptors (Lipinski definition) is 4. The molecule has 0 spiro atoms. The lowest BCUT2D eigenvalue weighted by atomic mass is 10.2. The number of hydrogen-bond donors (Lipinski definition) is 1. The van der Waals surface area contributed by atoms with Crippen LogP contribution in [0.15, 0.2) is 42.5 Å². The molecule has 0 saturated heterocycles. The standard InChI is InChI=1S/C15H14ClNO3/c1-19-12-5-2-10(3-6-12)9-20-15(18)13-7-4-11(17)8-14(13)16/h2-8H,9,17H2,1H3. The van der Waals surface area contributed by atoms with E-state index < -0.39 is 5.97 Å². The maximum Gasteiger partial charge on any atom is 0.339 e. The Morgan fingerprint density at radius 3 is 2.50 bits per heavy atom. The molecule has 104 valence electrons. The molecule has 0 aromatic heterocycles. The molecule has 0 aliphatic heterocycles. The van der Waals surface area contributed by atoms with Gasteiger partial charge in [0.25, 0.3) is 0 Å². The molecule has 0 amide bonds. The second-order valence-electron chi connectivity index (χ2n) is 4.16. The van der Waals surface area contributed by atoms with Gasteiger partial charge >= 0.3 is 5.97 Å². The molecular weight excluding hydrogens is 278 g/mol. The molecular formula is C15H14ClNO3. The number of rotatable bonds is 4. The SMILES string of the molecule is COc1ccc(COC(=O)c2ccc(N)cc2Cl)cc1. The highest BCUT2D eigenvalue weighted by Gasteiger charge is 2.12. The molecule has 2 aromatic carbocycles. The zero-order valence-electron chi connectivity index (χ0n) is 10.9. The van der Waals surface area contributed by atoms with Crippen LogP contribution < -0.4 is 10.5 Å². The summed E-state index contributed by atoms with van der Waals surface area (Å²) in [4.78, 5) is 11.9. The number of halogens is 1. The Morgan fingerprint density at radius 2 is 1.90 bits per heavy atom. The molecule has 20 heavy (non-hydrogen) atoms. The number of carbonyl (C=O) groups excluding carboxylic acids is 1. The monoisotopic (exact) mass is 291 g/mol. The maximum absolute atomic E-state index is 11.9. The summed E-state index contributed by atoms with van der Waals surface area (Å²) in [6, 6.07) is 11.9. The largest absolute Gasteiger partial charge is 0.497 e. The first-order valence-corrected chi connectivity index (χ1v) is 6.33. The fourth-order valence-corrected chi connectivity index (χ4v) is 1.91. The number of nitrogen functional groups attached to an aromatic ring is 1. The number of nitrogens with two attached hydrogens (primary N) is 1. The first kappa shape index (κ1) is 14.2. The van der Waals surface area contributed by atoms with Crippen molar-refractivity contribution in [2.24, 2.45) is 0 Å². The molecule has 0 saturated carbocycles. The van der Waals surface area contributed by atoms with Crippen molar-refractivity contribution in [3.05, 3.63) is 58.6 Å². The van der Waals surface area contributed by atoms with Gasteiger partial charge in [0.15, 0.2) is 0 Å². The van der Waals surface area contributed by atoms with Crippen LogP contribution in [0.3, 0.4) is 0 Å². The smallest absolute Gasteiger partial charge is 0.339 e. The molecule has 0 bridgehead atoms. The Hall–Kier alpha value is -2.20. The highest BCUT2D eigenvalue weighted by molar-refractivity contribution is 6.33. The minimum Gasteiger partial charge on any atom is -0.497 e. The van der Waals surface area contributed by atoms with Gasteiger partial charge in [-0.1, -0.05) is 23.7 Å². The quantitative estimate of drug-likeness (QED) is 0.693. The van der Waals surface area contributed by atoms with Crippen LogP contribution in [0.4, 0.5) is 5.69 Å². The van der Waals surface area contributed by atoms with Crippen LogP contribution in [0.25, 0.3) is 0 Å². The second-order valence-corrected chi connectivity index (χ2v) is 4.57. The number of anilines is 1.